The Morgan fingerprint density at radius 1 is 1.03 bits per heavy atom. The minimum absolute atomic E-state index is 0.187. The molecule has 0 aliphatic heterocycles. The molecule has 0 fully saturated rings. The Balaban J connectivity index is 1.82. The lowest BCUT2D eigenvalue weighted by Gasteiger charge is -2.12. The summed E-state index contributed by atoms with van der Waals surface area (Å²) in [5, 5.41) is 12.4. The standard InChI is InChI=1S/C22H15N3O3S/c26-18(27)12-29-22-24-19-16-7-3-4-8-17(16)23-20(19)21(28)25(22)15-10-9-13-5-1-2-6-14(13)11-15/h1-11,23H,12H2,(H,26,27). The number of aliphatic carboxylic acids is 1. The van der Waals surface area contributed by atoms with E-state index in [9.17, 15) is 9.59 Å². The van der Waals surface area contributed by atoms with Gasteiger partial charge in [0.1, 0.15) is 11.0 Å². The number of hydrogen-bond acceptors (Lipinski definition) is 4. The molecule has 3 aromatic carbocycles. The number of fused-ring (bicyclic) bond motifs is 4. The molecule has 29 heavy (non-hydrogen) atoms. The molecule has 0 bridgehead atoms. The molecule has 5 aromatic rings. The summed E-state index contributed by atoms with van der Waals surface area (Å²) in [4.78, 5) is 32.4. The summed E-state index contributed by atoms with van der Waals surface area (Å²) in [6.45, 7) is 0. The van der Waals surface area contributed by atoms with E-state index in [-0.39, 0.29) is 11.3 Å². The molecule has 0 radical (unpaired) electrons. The Hall–Kier alpha value is -3.58. The first kappa shape index (κ1) is 17.5. The summed E-state index contributed by atoms with van der Waals surface area (Å²) in [6.07, 6.45) is 0. The number of H-pyrrole nitrogens is 1. The lowest BCUT2D eigenvalue weighted by Crippen LogP contribution is -2.22. The molecule has 0 unspecified atom stereocenters. The summed E-state index contributed by atoms with van der Waals surface area (Å²) in [7, 11) is 0. The average molecular weight is 401 g/mol. The highest BCUT2D eigenvalue weighted by molar-refractivity contribution is 7.99. The zero-order valence-electron chi connectivity index (χ0n) is 15.1. The molecule has 0 saturated heterocycles. The highest BCUT2D eigenvalue weighted by Crippen LogP contribution is 2.27. The van der Waals surface area contributed by atoms with Crippen molar-refractivity contribution in [1.29, 1.82) is 0 Å². The first-order valence-corrected chi connectivity index (χ1v) is 9.97. The number of aromatic amines is 1. The largest absolute Gasteiger partial charge is 0.481 e. The van der Waals surface area contributed by atoms with Crippen LogP contribution in [0, 0.1) is 0 Å². The van der Waals surface area contributed by atoms with Gasteiger partial charge in [-0.05, 0) is 29.0 Å². The molecular weight excluding hydrogens is 386 g/mol. The van der Waals surface area contributed by atoms with Gasteiger partial charge in [0.05, 0.1) is 11.4 Å². The van der Waals surface area contributed by atoms with Crippen LogP contribution >= 0.6 is 11.8 Å². The van der Waals surface area contributed by atoms with Crippen LogP contribution in [0.3, 0.4) is 0 Å². The number of rotatable bonds is 4. The third-order valence-corrected chi connectivity index (χ3v) is 5.73. The maximum absolute atomic E-state index is 13.4. The number of hydrogen-bond donors (Lipinski definition) is 2. The van der Waals surface area contributed by atoms with Crippen molar-refractivity contribution in [3.8, 4) is 5.69 Å². The van der Waals surface area contributed by atoms with Gasteiger partial charge in [0.25, 0.3) is 5.56 Å². The van der Waals surface area contributed by atoms with Gasteiger partial charge in [-0.2, -0.15) is 0 Å². The van der Waals surface area contributed by atoms with E-state index in [0.29, 0.717) is 21.9 Å². The number of thioether (sulfide) groups is 1. The lowest BCUT2D eigenvalue weighted by molar-refractivity contribution is -0.133. The number of nitrogens with zero attached hydrogens (tertiary/aromatic N) is 2. The van der Waals surface area contributed by atoms with Crippen molar-refractivity contribution < 1.29 is 9.90 Å². The topological polar surface area (TPSA) is 88.0 Å². The van der Waals surface area contributed by atoms with Gasteiger partial charge in [0, 0.05) is 10.9 Å². The summed E-state index contributed by atoms with van der Waals surface area (Å²) < 4.78 is 1.48. The second-order valence-electron chi connectivity index (χ2n) is 6.64. The summed E-state index contributed by atoms with van der Waals surface area (Å²) in [5.74, 6) is -1.15. The third-order valence-electron chi connectivity index (χ3n) is 4.81. The van der Waals surface area contributed by atoms with Crippen LogP contribution in [0.15, 0.2) is 76.7 Å². The van der Waals surface area contributed by atoms with Crippen molar-refractivity contribution >= 4 is 50.4 Å². The second kappa shape index (κ2) is 6.79. The minimum Gasteiger partial charge on any atom is -0.481 e. The molecule has 2 aromatic heterocycles. The highest BCUT2D eigenvalue weighted by Gasteiger charge is 2.18. The molecule has 0 amide bonds. The number of nitrogens with one attached hydrogen (secondary N) is 1. The molecule has 5 rings (SSSR count). The van der Waals surface area contributed by atoms with Gasteiger partial charge in [-0.3, -0.25) is 14.2 Å². The van der Waals surface area contributed by atoms with Crippen LogP contribution < -0.4 is 5.56 Å². The van der Waals surface area contributed by atoms with E-state index < -0.39 is 5.97 Å². The predicted molar refractivity (Wildman–Crippen MR) is 115 cm³/mol. The van der Waals surface area contributed by atoms with E-state index in [1.165, 1.54) is 4.57 Å². The van der Waals surface area contributed by atoms with E-state index in [2.05, 4.69) is 9.97 Å². The van der Waals surface area contributed by atoms with Crippen molar-refractivity contribution in [3.63, 3.8) is 0 Å². The Labute approximate surface area is 168 Å². The van der Waals surface area contributed by atoms with Crippen LogP contribution in [0.5, 0.6) is 0 Å². The average Bonchev–Trinajstić information content (AvgIpc) is 3.11. The fraction of sp³-hybridized carbons (Fsp3) is 0.0455. The van der Waals surface area contributed by atoms with Crippen LogP contribution in [-0.2, 0) is 4.79 Å². The number of benzene rings is 3. The van der Waals surface area contributed by atoms with E-state index in [1.807, 2.05) is 66.7 Å². The van der Waals surface area contributed by atoms with Gasteiger partial charge in [0.15, 0.2) is 5.16 Å². The van der Waals surface area contributed by atoms with E-state index >= 15 is 0 Å². The number of carboxylic acids is 1. The van der Waals surface area contributed by atoms with E-state index in [4.69, 9.17) is 5.11 Å². The van der Waals surface area contributed by atoms with Crippen LogP contribution in [0.25, 0.3) is 38.4 Å². The van der Waals surface area contributed by atoms with Crippen molar-refractivity contribution in [1.82, 2.24) is 14.5 Å². The lowest BCUT2D eigenvalue weighted by atomic mass is 10.1. The van der Waals surface area contributed by atoms with Crippen LogP contribution in [0.2, 0.25) is 0 Å². The SMILES string of the molecule is O=C(O)CSc1nc2c([nH]c3ccccc32)c(=O)n1-c1ccc2ccccc2c1. The molecule has 0 spiro atoms. The second-order valence-corrected chi connectivity index (χ2v) is 7.59. The van der Waals surface area contributed by atoms with E-state index in [1.54, 1.807) is 0 Å². The first-order chi connectivity index (χ1) is 14.1. The molecule has 7 heteroatoms. The molecule has 0 aliphatic carbocycles. The zero-order valence-corrected chi connectivity index (χ0v) is 15.9. The maximum Gasteiger partial charge on any atom is 0.313 e. The number of aromatic nitrogens is 3. The fourth-order valence-corrected chi connectivity index (χ4v) is 4.23. The minimum atomic E-state index is -0.965. The number of para-hydroxylation sites is 1. The van der Waals surface area contributed by atoms with Crippen LogP contribution in [0.1, 0.15) is 0 Å². The number of carboxylic acid groups (broad SMARTS) is 1. The van der Waals surface area contributed by atoms with Crippen LogP contribution in [-0.4, -0.2) is 31.4 Å². The molecule has 0 aliphatic rings. The normalized spacial score (nSPS) is 11.4. The van der Waals surface area contributed by atoms with Crippen molar-refractivity contribution in [3.05, 3.63) is 77.1 Å². The monoisotopic (exact) mass is 401 g/mol. The van der Waals surface area contributed by atoms with Crippen molar-refractivity contribution in [2.45, 2.75) is 5.16 Å². The molecule has 6 nitrogen and oxygen atoms in total. The molecule has 2 N–H and O–H groups in total. The highest BCUT2D eigenvalue weighted by atomic mass is 32.2. The van der Waals surface area contributed by atoms with Gasteiger partial charge in [-0.1, -0.05) is 60.3 Å². The molecule has 0 atom stereocenters. The third kappa shape index (κ3) is 2.96. The van der Waals surface area contributed by atoms with Crippen molar-refractivity contribution in [2.75, 3.05) is 5.75 Å². The van der Waals surface area contributed by atoms with Gasteiger partial charge in [-0.15, -0.1) is 0 Å². The zero-order chi connectivity index (χ0) is 20.0. The van der Waals surface area contributed by atoms with Gasteiger partial charge in [-0.25, -0.2) is 4.98 Å². The van der Waals surface area contributed by atoms with Crippen LogP contribution in [0.4, 0.5) is 0 Å². The fourth-order valence-electron chi connectivity index (χ4n) is 3.51. The Morgan fingerprint density at radius 3 is 2.62 bits per heavy atom. The maximum atomic E-state index is 13.4. The Kier molecular flexibility index (Phi) is 4.10. The Bertz CT molecular complexity index is 1470. The molecule has 0 saturated carbocycles. The molecule has 142 valence electrons. The molecular formula is C22H15N3O3S. The van der Waals surface area contributed by atoms with Gasteiger partial charge >= 0.3 is 5.97 Å². The summed E-state index contributed by atoms with van der Waals surface area (Å²) >= 11 is 1.03. The van der Waals surface area contributed by atoms with Gasteiger partial charge in [0.2, 0.25) is 0 Å². The summed E-state index contributed by atoms with van der Waals surface area (Å²) in [5.41, 5.74) is 2.16. The smallest absolute Gasteiger partial charge is 0.313 e. The van der Waals surface area contributed by atoms with Gasteiger partial charge < -0.3 is 10.1 Å². The number of carbonyl (C=O) groups is 1. The summed E-state index contributed by atoms with van der Waals surface area (Å²) in [6, 6.07) is 21.1. The first-order valence-electron chi connectivity index (χ1n) is 8.99. The predicted octanol–water partition coefficient (Wildman–Crippen LogP) is 4.20. The Morgan fingerprint density at radius 2 is 1.79 bits per heavy atom. The molecule has 2 heterocycles. The van der Waals surface area contributed by atoms with Crippen molar-refractivity contribution in [2.24, 2.45) is 0 Å². The van der Waals surface area contributed by atoms with E-state index in [0.717, 1.165) is 33.4 Å². The quantitative estimate of drug-likeness (QED) is 0.348.